The fourth-order valence-electron chi connectivity index (χ4n) is 7.10. The van der Waals surface area contributed by atoms with E-state index in [0.29, 0.717) is 65.4 Å². The van der Waals surface area contributed by atoms with Crippen LogP contribution in [0.4, 0.5) is 25.1 Å². The van der Waals surface area contributed by atoms with Crippen LogP contribution in [-0.2, 0) is 19.8 Å². The number of hydrogen-bond donors (Lipinski definition) is 2. The van der Waals surface area contributed by atoms with Crippen molar-refractivity contribution in [1.29, 1.82) is 0 Å². The zero-order chi connectivity index (χ0) is 47.0. The average Bonchev–Trinajstić information content (AvgIpc) is 3.77. The Hall–Kier alpha value is -6.72. The Morgan fingerprint density at radius 1 is 0.606 bits per heavy atom. The topological polar surface area (TPSA) is 141 Å². The van der Waals surface area contributed by atoms with E-state index >= 15 is 0 Å². The first kappa shape index (κ1) is 45.8. The van der Waals surface area contributed by atoms with Crippen LogP contribution >= 0.6 is 46.4 Å². The summed E-state index contributed by atoms with van der Waals surface area (Å²) in [5.74, 6) is 0.676. The van der Waals surface area contributed by atoms with Gasteiger partial charge in [-0.15, -0.1) is 10.2 Å². The summed E-state index contributed by atoms with van der Waals surface area (Å²) in [7, 11) is 3.25. The quantitative estimate of drug-likeness (QED) is 0.145. The zero-order valence-corrected chi connectivity index (χ0v) is 38.3. The van der Waals surface area contributed by atoms with Crippen LogP contribution in [-0.4, -0.2) is 56.4 Å². The third-order valence-electron chi connectivity index (χ3n) is 10.1. The highest BCUT2D eigenvalue weighted by atomic mass is 35.5. The maximum Gasteiger partial charge on any atom is 0.433 e. The van der Waals surface area contributed by atoms with Gasteiger partial charge in [0.05, 0.1) is 29.1 Å². The monoisotopic (exact) mass is 971 g/mol. The first-order valence-electron chi connectivity index (χ1n) is 20.0. The molecule has 5 heterocycles. The molecule has 0 saturated heterocycles. The highest BCUT2D eigenvalue weighted by Gasteiger charge is 2.32. The summed E-state index contributed by atoms with van der Waals surface area (Å²) in [5.41, 5.74) is 5.12. The predicted molar refractivity (Wildman–Crippen MR) is 254 cm³/mol. The summed E-state index contributed by atoms with van der Waals surface area (Å²) in [6.45, 7) is 3.89. The van der Waals surface area contributed by atoms with E-state index in [1.54, 1.807) is 62.6 Å². The lowest BCUT2D eigenvalue weighted by atomic mass is 10.00. The number of hydrogen-bond acceptors (Lipinski definition) is 9. The number of aromatic nitrogens is 9. The van der Waals surface area contributed by atoms with Gasteiger partial charge in [-0.3, -0.25) is 4.98 Å². The molecule has 0 saturated carbocycles. The SMILES string of the molecule is CC(C)Nc1nc(-c2ccc(Cl)cc2)c(-c2ccc(Cl)cc2)c2nn(C)c(=O)n12.CNc1nc(-c2ccc(Cl)cc2)c(-c2ccc(Cl)cc2)c2nn(Cc3ccc(C(F)(F)F)nc3)c(=O)n12. The smallest absolute Gasteiger partial charge is 0.358 e. The first-order chi connectivity index (χ1) is 31.5. The van der Waals surface area contributed by atoms with Crippen molar-refractivity contribution in [3.8, 4) is 44.8 Å². The van der Waals surface area contributed by atoms with Crippen molar-refractivity contribution in [3.63, 3.8) is 0 Å². The minimum atomic E-state index is -4.56. The van der Waals surface area contributed by atoms with Crippen LogP contribution in [0.2, 0.25) is 20.1 Å². The van der Waals surface area contributed by atoms with Crippen LogP contribution < -0.4 is 22.0 Å². The van der Waals surface area contributed by atoms with Gasteiger partial charge in [0.1, 0.15) is 5.69 Å². The molecule has 0 fully saturated rings. The molecule has 336 valence electrons. The molecule has 0 radical (unpaired) electrons. The molecule has 20 heteroatoms. The van der Waals surface area contributed by atoms with Crippen LogP contribution in [0.25, 0.3) is 56.1 Å². The fourth-order valence-corrected chi connectivity index (χ4v) is 7.60. The molecule has 9 aromatic rings. The van der Waals surface area contributed by atoms with Gasteiger partial charge in [0.25, 0.3) is 0 Å². The number of benzene rings is 4. The number of pyridine rings is 1. The summed E-state index contributed by atoms with van der Waals surface area (Å²) < 4.78 is 44.0. The van der Waals surface area contributed by atoms with E-state index in [1.165, 1.54) is 19.5 Å². The molecule has 4 aromatic carbocycles. The van der Waals surface area contributed by atoms with E-state index in [1.807, 2.05) is 62.4 Å². The van der Waals surface area contributed by atoms with Crippen LogP contribution in [0, 0.1) is 0 Å². The summed E-state index contributed by atoms with van der Waals surface area (Å²) in [6.07, 6.45) is -3.48. The number of aryl methyl sites for hydroxylation is 1. The Morgan fingerprint density at radius 3 is 1.47 bits per heavy atom. The Kier molecular flexibility index (Phi) is 12.9. The summed E-state index contributed by atoms with van der Waals surface area (Å²) in [5, 5.41) is 17.6. The number of rotatable bonds is 9. The van der Waals surface area contributed by atoms with Gasteiger partial charge in [-0.05, 0) is 85.1 Å². The average molecular weight is 974 g/mol. The van der Waals surface area contributed by atoms with Crippen molar-refractivity contribution in [2.75, 3.05) is 17.7 Å². The number of halogens is 7. The second-order valence-electron chi connectivity index (χ2n) is 15.1. The van der Waals surface area contributed by atoms with E-state index in [4.69, 9.17) is 56.4 Å². The van der Waals surface area contributed by atoms with Crippen LogP contribution in [0.15, 0.2) is 125 Å². The summed E-state index contributed by atoms with van der Waals surface area (Å²) >= 11 is 24.4. The number of nitrogens with zero attached hydrogens (tertiary/aromatic N) is 9. The molecule has 0 spiro atoms. The minimum absolute atomic E-state index is 0.0808. The van der Waals surface area contributed by atoms with Gasteiger partial charge >= 0.3 is 17.6 Å². The van der Waals surface area contributed by atoms with Crippen LogP contribution in [0.3, 0.4) is 0 Å². The maximum atomic E-state index is 13.4. The molecule has 66 heavy (non-hydrogen) atoms. The number of nitrogens with one attached hydrogen (secondary N) is 2. The van der Waals surface area contributed by atoms with Crippen LogP contribution in [0.5, 0.6) is 0 Å². The lowest BCUT2D eigenvalue weighted by Crippen LogP contribution is -2.23. The van der Waals surface area contributed by atoms with Crippen molar-refractivity contribution in [2.45, 2.75) is 32.6 Å². The highest BCUT2D eigenvalue weighted by Crippen LogP contribution is 2.38. The molecular weight excluding hydrogens is 937 g/mol. The largest absolute Gasteiger partial charge is 0.433 e. The van der Waals surface area contributed by atoms with Gasteiger partial charge < -0.3 is 10.6 Å². The number of fused-ring (bicyclic) bond motifs is 2. The summed E-state index contributed by atoms with van der Waals surface area (Å²) in [4.78, 5) is 39.3. The van der Waals surface area contributed by atoms with Gasteiger partial charge in [0.15, 0.2) is 11.3 Å². The Morgan fingerprint density at radius 2 is 1.05 bits per heavy atom. The third-order valence-corrected chi connectivity index (χ3v) is 11.1. The lowest BCUT2D eigenvalue weighted by Gasteiger charge is -2.16. The molecule has 13 nitrogen and oxygen atoms in total. The Bertz CT molecular complexity index is 3330. The predicted octanol–water partition coefficient (Wildman–Crippen LogP) is 10.9. The molecule has 0 bridgehead atoms. The molecule has 9 rings (SSSR count). The molecule has 0 aliphatic rings. The van der Waals surface area contributed by atoms with Crippen molar-refractivity contribution in [1.82, 2.24) is 43.3 Å². The second-order valence-corrected chi connectivity index (χ2v) is 16.9. The molecule has 2 N–H and O–H groups in total. The van der Waals surface area contributed by atoms with E-state index in [2.05, 4.69) is 25.8 Å². The Labute approximate surface area is 394 Å². The normalized spacial score (nSPS) is 11.6. The highest BCUT2D eigenvalue weighted by molar-refractivity contribution is 6.31. The molecule has 0 unspecified atom stereocenters. The van der Waals surface area contributed by atoms with Gasteiger partial charge in [-0.1, -0.05) is 101 Å². The standard InChI is InChI=1S/C25H17Cl2F3N6O.C21H19Cl2N5O/c1-31-23-33-21(16-5-9-18(27)10-6-16)20(15-3-7-17(26)8-4-15)22-34-35(24(37)36(22)23)13-14-2-11-19(32-12-14)25(28,29)30;1-12(2)24-20-25-18(14-6-10-16(23)11-7-14)17(13-4-8-15(22)9-5-13)19-26-27(3)21(29)28(19)20/h2-12H,13H2,1H3,(H,31,33);4-12H,1-3H3,(H,24,25). The first-order valence-corrected chi connectivity index (χ1v) is 21.6. The van der Waals surface area contributed by atoms with E-state index in [0.717, 1.165) is 39.2 Å². The van der Waals surface area contributed by atoms with Gasteiger partial charge in [0.2, 0.25) is 11.9 Å². The Balaban J connectivity index is 0.000000185. The molecule has 0 atom stereocenters. The number of anilines is 2. The molecule has 5 aromatic heterocycles. The van der Waals surface area contributed by atoms with Gasteiger partial charge in [-0.2, -0.15) is 13.2 Å². The van der Waals surface area contributed by atoms with E-state index < -0.39 is 17.6 Å². The molecule has 0 aliphatic heterocycles. The lowest BCUT2D eigenvalue weighted by molar-refractivity contribution is -0.141. The van der Waals surface area contributed by atoms with Crippen molar-refractivity contribution < 1.29 is 13.2 Å². The van der Waals surface area contributed by atoms with Gasteiger partial charge in [-0.25, -0.2) is 37.7 Å². The molecule has 0 aliphatic carbocycles. The minimum Gasteiger partial charge on any atom is -0.358 e. The summed E-state index contributed by atoms with van der Waals surface area (Å²) in [6, 6.07) is 31.2. The van der Waals surface area contributed by atoms with Crippen molar-refractivity contribution in [3.05, 3.63) is 168 Å². The number of alkyl halides is 3. The van der Waals surface area contributed by atoms with E-state index in [9.17, 15) is 22.8 Å². The third kappa shape index (κ3) is 9.35. The van der Waals surface area contributed by atoms with Crippen molar-refractivity contribution in [2.24, 2.45) is 7.05 Å². The van der Waals surface area contributed by atoms with E-state index in [-0.39, 0.29) is 24.2 Å². The maximum absolute atomic E-state index is 13.4. The van der Waals surface area contributed by atoms with Gasteiger partial charge in [0, 0.05) is 57.6 Å². The zero-order valence-electron chi connectivity index (χ0n) is 35.2. The fraction of sp³-hybridized carbons (Fsp3) is 0.152. The van der Waals surface area contributed by atoms with Crippen LogP contribution in [0.1, 0.15) is 25.1 Å². The second kappa shape index (κ2) is 18.6. The molecule has 0 amide bonds. The van der Waals surface area contributed by atoms with Crippen molar-refractivity contribution >= 4 is 69.6 Å². The molecular formula is C46H36Cl4F3N11O2.